The topological polar surface area (TPSA) is 24.5 Å². The molecule has 1 saturated heterocycles. The van der Waals surface area contributed by atoms with Gasteiger partial charge in [-0.1, -0.05) is 11.6 Å². The van der Waals surface area contributed by atoms with E-state index < -0.39 is 0 Å². The molecule has 4 heteroatoms. The van der Waals surface area contributed by atoms with E-state index in [0.29, 0.717) is 6.04 Å². The number of benzene rings is 1. The summed E-state index contributed by atoms with van der Waals surface area (Å²) in [6.45, 7) is 7.48. The fourth-order valence-electron chi connectivity index (χ4n) is 2.20. The molecule has 1 aromatic rings. The fourth-order valence-corrected chi connectivity index (χ4v) is 2.33. The summed E-state index contributed by atoms with van der Waals surface area (Å²) in [5.74, 6) is 0.896. The first kappa shape index (κ1) is 13.7. The molecule has 0 aromatic heterocycles. The maximum absolute atomic E-state index is 5.82. The first-order valence-electron chi connectivity index (χ1n) is 6.59. The lowest BCUT2D eigenvalue weighted by Crippen LogP contribution is -2.50. The van der Waals surface area contributed by atoms with Crippen LogP contribution in [0.15, 0.2) is 24.3 Å². The Bertz CT molecular complexity index is 355. The number of nitrogens with zero attached hydrogens (tertiary/aromatic N) is 1. The zero-order chi connectivity index (χ0) is 12.8. The second kappa shape index (κ2) is 6.98. The quantitative estimate of drug-likeness (QED) is 0.830. The minimum absolute atomic E-state index is 0.634. The molecule has 0 radical (unpaired) electrons. The second-order valence-corrected chi connectivity index (χ2v) is 5.18. The van der Waals surface area contributed by atoms with Gasteiger partial charge in [0.1, 0.15) is 5.75 Å². The molecule has 1 aromatic carbocycles. The highest BCUT2D eigenvalue weighted by Gasteiger charge is 2.16. The molecule has 1 aliphatic heterocycles. The average Bonchev–Trinajstić information content (AvgIpc) is 2.39. The van der Waals surface area contributed by atoms with Gasteiger partial charge in [0.25, 0.3) is 0 Å². The number of ether oxygens (including phenoxy) is 1. The lowest BCUT2D eigenvalue weighted by Gasteiger charge is -2.33. The maximum atomic E-state index is 5.82. The number of rotatable bonds is 5. The molecule has 0 unspecified atom stereocenters. The van der Waals surface area contributed by atoms with Crippen molar-refractivity contribution in [1.29, 1.82) is 0 Å². The molecule has 0 aliphatic carbocycles. The lowest BCUT2D eigenvalue weighted by atomic mass is 10.2. The summed E-state index contributed by atoms with van der Waals surface area (Å²) in [5, 5.41) is 4.15. The Morgan fingerprint density at radius 2 is 2.17 bits per heavy atom. The van der Waals surface area contributed by atoms with Gasteiger partial charge in [0.2, 0.25) is 0 Å². The molecule has 1 N–H and O–H groups in total. The van der Waals surface area contributed by atoms with Crippen molar-refractivity contribution in [3.8, 4) is 5.75 Å². The van der Waals surface area contributed by atoms with Crippen molar-refractivity contribution in [2.45, 2.75) is 19.4 Å². The Balaban J connectivity index is 1.65. The van der Waals surface area contributed by atoms with Crippen LogP contribution in [0.25, 0.3) is 0 Å². The maximum Gasteiger partial charge on any atom is 0.119 e. The number of halogens is 1. The first-order chi connectivity index (χ1) is 8.75. The van der Waals surface area contributed by atoms with Gasteiger partial charge in [-0.05, 0) is 37.6 Å². The van der Waals surface area contributed by atoms with E-state index in [1.165, 1.54) is 0 Å². The number of nitrogens with one attached hydrogen (secondary N) is 1. The van der Waals surface area contributed by atoms with Crippen LogP contribution in [0.5, 0.6) is 5.75 Å². The molecule has 18 heavy (non-hydrogen) atoms. The Kier molecular flexibility index (Phi) is 5.29. The third-order valence-electron chi connectivity index (χ3n) is 3.31. The van der Waals surface area contributed by atoms with Crippen LogP contribution >= 0.6 is 11.6 Å². The Labute approximate surface area is 114 Å². The molecule has 1 atom stereocenters. The van der Waals surface area contributed by atoms with Crippen LogP contribution in [0.4, 0.5) is 0 Å². The molecule has 100 valence electrons. The third-order valence-corrected chi connectivity index (χ3v) is 3.56. The predicted molar refractivity (Wildman–Crippen MR) is 75.5 cm³/mol. The highest BCUT2D eigenvalue weighted by atomic mass is 35.5. The molecule has 0 amide bonds. The van der Waals surface area contributed by atoms with E-state index in [4.69, 9.17) is 16.3 Å². The van der Waals surface area contributed by atoms with E-state index in [9.17, 15) is 0 Å². The second-order valence-electron chi connectivity index (χ2n) is 4.75. The van der Waals surface area contributed by atoms with Crippen molar-refractivity contribution in [2.75, 3.05) is 32.8 Å². The van der Waals surface area contributed by atoms with Gasteiger partial charge in [0.05, 0.1) is 6.61 Å². The average molecular weight is 269 g/mol. The zero-order valence-electron chi connectivity index (χ0n) is 10.9. The monoisotopic (exact) mass is 268 g/mol. The molecule has 1 aliphatic rings. The van der Waals surface area contributed by atoms with Crippen LogP contribution in [0, 0.1) is 0 Å². The first-order valence-corrected chi connectivity index (χ1v) is 6.96. The van der Waals surface area contributed by atoms with Gasteiger partial charge in [-0.15, -0.1) is 0 Å². The van der Waals surface area contributed by atoms with Gasteiger partial charge in [0, 0.05) is 37.2 Å². The van der Waals surface area contributed by atoms with Gasteiger partial charge in [0.15, 0.2) is 0 Å². The molecule has 3 nitrogen and oxygen atoms in total. The zero-order valence-corrected chi connectivity index (χ0v) is 11.6. The lowest BCUT2D eigenvalue weighted by molar-refractivity contribution is 0.160. The van der Waals surface area contributed by atoms with E-state index >= 15 is 0 Å². The summed E-state index contributed by atoms with van der Waals surface area (Å²) in [4.78, 5) is 2.52. The van der Waals surface area contributed by atoms with Gasteiger partial charge in [-0.2, -0.15) is 0 Å². The Hall–Kier alpha value is -0.770. The summed E-state index contributed by atoms with van der Waals surface area (Å²) in [6.07, 6.45) is 1.06. The van der Waals surface area contributed by atoms with Crippen LogP contribution in [0.3, 0.4) is 0 Å². The van der Waals surface area contributed by atoms with E-state index in [0.717, 1.165) is 50.0 Å². The molecular formula is C14H21ClN2O. The minimum Gasteiger partial charge on any atom is -0.494 e. The highest BCUT2D eigenvalue weighted by Crippen LogP contribution is 2.15. The van der Waals surface area contributed by atoms with Crippen molar-refractivity contribution in [2.24, 2.45) is 0 Å². The normalized spacial score (nSPS) is 20.9. The standard InChI is InChI=1S/C14H21ClN2O/c1-12-11-16-7-9-17(12)8-2-10-18-14-5-3-13(15)4-6-14/h3-6,12,16H,2,7-11H2,1H3/t12-/m1/s1. The molecule has 2 rings (SSSR count). The summed E-state index contributed by atoms with van der Waals surface area (Å²) in [7, 11) is 0. The molecule has 1 fully saturated rings. The van der Waals surface area contributed by atoms with Crippen LogP contribution in [0.1, 0.15) is 13.3 Å². The van der Waals surface area contributed by atoms with Crippen molar-refractivity contribution in [3.63, 3.8) is 0 Å². The molecule has 0 spiro atoms. The molecule has 1 heterocycles. The fraction of sp³-hybridized carbons (Fsp3) is 0.571. The van der Waals surface area contributed by atoms with Crippen molar-refractivity contribution >= 4 is 11.6 Å². The Morgan fingerprint density at radius 1 is 1.39 bits per heavy atom. The van der Waals surface area contributed by atoms with Gasteiger partial charge >= 0.3 is 0 Å². The summed E-state index contributed by atoms with van der Waals surface area (Å²) < 4.78 is 5.69. The highest BCUT2D eigenvalue weighted by molar-refractivity contribution is 6.30. The van der Waals surface area contributed by atoms with Crippen molar-refractivity contribution in [3.05, 3.63) is 29.3 Å². The van der Waals surface area contributed by atoms with Gasteiger partial charge < -0.3 is 10.1 Å². The summed E-state index contributed by atoms with van der Waals surface area (Å²) in [5.41, 5.74) is 0. The minimum atomic E-state index is 0.634. The Morgan fingerprint density at radius 3 is 2.89 bits per heavy atom. The van der Waals surface area contributed by atoms with E-state index in [2.05, 4.69) is 17.1 Å². The van der Waals surface area contributed by atoms with E-state index in [1.54, 1.807) is 0 Å². The van der Waals surface area contributed by atoms with Gasteiger partial charge in [-0.3, -0.25) is 4.90 Å². The third kappa shape index (κ3) is 4.16. The van der Waals surface area contributed by atoms with Crippen LogP contribution in [-0.4, -0.2) is 43.7 Å². The number of piperazine rings is 1. The smallest absolute Gasteiger partial charge is 0.119 e. The van der Waals surface area contributed by atoms with E-state index in [1.807, 2.05) is 24.3 Å². The van der Waals surface area contributed by atoms with Crippen molar-refractivity contribution in [1.82, 2.24) is 10.2 Å². The summed E-state index contributed by atoms with van der Waals surface area (Å²) >= 11 is 5.82. The molecule has 0 bridgehead atoms. The van der Waals surface area contributed by atoms with Crippen LogP contribution in [0.2, 0.25) is 5.02 Å². The number of hydrogen-bond acceptors (Lipinski definition) is 3. The number of hydrogen-bond donors (Lipinski definition) is 1. The van der Waals surface area contributed by atoms with Gasteiger partial charge in [-0.25, -0.2) is 0 Å². The molecule has 0 saturated carbocycles. The van der Waals surface area contributed by atoms with Crippen molar-refractivity contribution < 1.29 is 4.74 Å². The van der Waals surface area contributed by atoms with E-state index in [-0.39, 0.29) is 0 Å². The predicted octanol–water partition coefficient (Wildman–Crippen LogP) is 2.40. The van der Waals surface area contributed by atoms with Crippen LogP contribution in [-0.2, 0) is 0 Å². The largest absolute Gasteiger partial charge is 0.494 e. The summed E-state index contributed by atoms with van der Waals surface area (Å²) in [6, 6.07) is 8.17. The molecular weight excluding hydrogens is 248 g/mol. The van der Waals surface area contributed by atoms with Crippen LogP contribution < -0.4 is 10.1 Å². The SMILES string of the molecule is C[C@@H]1CNCCN1CCCOc1ccc(Cl)cc1.